The lowest BCUT2D eigenvalue weighted by atomic mass is 10.1. The summed E-state index contributed by atoms with van der Waals surface area (Å²) < 4.78 is 73.1. The molecule has 1 rings (SSSR count). The standard InChI is InChI=1S/C7H2F6O/c8-2-1-3(9)6(14)5(10)4(2)7(11,12)13/h1,14H. The highest BCUT2D eigenvalue weighted by molar-refractivity contribution is 5.34. The molecule has 0 bridgehead atoms. The van der Waals surface area contributed by atoms with E-state index in [1.54, 1.807) is 0 Å². The van der Waals surface area contributed by atoms with Crippen LogP contribution < -0.4 is 0 Å². The van der Waals surface area contributed by atoms with E-state index in [9.17, 15) is 26.3 Å². The maximum atomic E-state index is 12.6. The van der Waals surface area contributed by atoms with E-state index >= 15 is 0 Å². The number of benzene rings is 1. The van der Waals surface area contributed by atoms with Crippen molar-refractivity contribution in [3.63, 3.8) is 0 Å². The topological polar surface area (TPSA) is 20.2 Å². The molecular weight excluding hydrogens is 214 g/mol. The minimum atomic E-state index is -5.32. The zero-order chi connectivity index (χ0) is 11.1. The Bertz CT molecular complexity index is 369. The van der Waals surface area contributed by atoms with Gasteiger partial charge in [-0.2, -0.15) is 13.2 Å². The van der Waals surface area contributed by atoms with Crippen LogP contribution in [0.15, 0.2) is 6.07 Å². The van der Waals surface area contributed by atoms with Gasteiger partial charge in [-0.1, -0.05) is 0 Å². The molecule has 1 nitrogen and oxygen atoms in total. The summed E-state index contributed by atoms with van der Waals surface area (Å²) in [7, 11) is 0. The summed E-state index contributed by atoms with van der Waals surface area (Å²) in [5.74, 6) is -8.09. The van der Waals surface area contributed by atoms with Crippen molar-refractivity contribution in [2.24, 2.45) is 0 Å². The van der Waals surface area contributed by atoms with E-state index in [1.165, 1.54) is 0 Å². The zero-order valence-corrected chi connectivity index (χ0v) is 6.29. The van der Waals surface area contributed by atoms with Crippen molar-refractivity contribution in [2.45, 2.75) is 6.18 Å². The van der Waals surface area contributed by atoms with Gasteiger partial charge in [-0.3, -0.25) is 0 Å². The fourth-order valence-electron chi connectivity index (χ4n) is 0.840. The Hall–Kier alpha value is -1.40. The Morgan fingerprint density at radius 2 is 1.50 bits per heavy atom. The third-order valence-corrected chi connectivity index (χ3v) is 1.43. The van der Waals surface area contributed by atoms with Gasteiger partial charge in [-0.25, -0.2) is 13.2 Å². The van der Waals surface area contributed by atoms with Gasteiger partial charge in [0.1, 0.15) is 11.4 Å². The van der Waals surface area contributed by atoms with Gasteiger partial charge in [0.2, 0.25) is 0 Å². The number of phenols is 1. The zero-order valence-electron chi connectivity index (χ0n) is 6.29. The van der Waals surface area contributed by atoms with Gasteiger partial charge >= 0.3 is 6.18 Å². The minimum absolute atomic E-state index is 0.235. The van der Waals surface area contributed by atoms with E-state index in [-0.39, 0.29) is 6.07 Å². The Morgan fingerprint density at radius 3 is 1.93 bits per heavy atom. The summed E-state index contributed by atoms with van der Waals surface area (Å²) in [5.41, 5.74) is -2.31. The van der Waals surface area contributed by atoms with E-state index in [1.807, 2.05) is 0 Å². The fraction of sp³-hybridized carbons (Fsp3) is 0.143. The van der Waals surface area contributed by atoms with Crippen LogP contribution >= 0.6 is 0 Å². The van der Waals surface area contributed by atoms with E-state index < -0.39 is 34.9 Å². The summed E-state index contributed by atoms with van der Waals surface area (Å²) in [6, 6.07) is -0.235. The molecule has 7 heteroatoms. The molecular formula is C7H2F6O. The van der Waals surface area contributed by atoms with Crippen molar-refractivity contribution in [1.29, 1.82) is 0 Å². The third kappa shape index (κ3) is 1.61. The van der Waals surface area contributed by atoms with Gasteiger partial charge in [-0.15, -0.1) is 0 Å². The molecule has 78 valence electrons. The van der Waals surface area contributed by atoms with Gasteiger partial charge in [0.15, 0.2) is 17.4 Å². The van der Waals surface area contributed by atoms with Gasteiger partial charge in [0.05, 0.1) is 0 Å². The lowest BCUT2D eigenvalue weighted by Crippen LogP contribution is -2.12. The van der Waals surface area contributed by atoms with Gasteiger partial charge in [0.25, 0.3) is 0 Å². The van der Waals surface area contributed by atoms with Crippen LogP contribution in [-0.2, 0) is 6.18 Å². The van der Waals surface area contributed by atoms with Crippen molar-refractivity contribution in [1.82, 2.24) is 0 Å². The Balaban J connectivity index is 3.53. The molecule has 0 amide bonds. The van der Waals surface area contributed by atoms with Crippen LogP contribution in [0.5, 0.6) is 5.75 Å². The molecule has 0 saturated carbocycles. The number of hydrogen-bond donors (Lipinski definition) is 1. The fourth-order valence-corrected chi connectivity index (χ4v) is 0.840. The van der Waals surface area contributed by atoms with Crippen molar-refractivity contribution < 1.29 is 31.4 Å². The lowest BCUT2D eigenvalue weighted by molar-refractivity contribution is -0.142. The number of aromatic hydroxyl groups is 1. The summed E-state index contributed by atoms with van der Waals surface area (Å²) in [5, 5.41) is 8.46. The quantitative estimate of drug-likeness (QED) is 0.661. The van der Waals surface area contributed by atoms with E-state index in [2.05, 4.69) is 0 Å². The molecule has 0 aliphatic rings. The summed E-state index contributed by atoms with van der Waals surface area (Å²) in [6.45, 7) is 0. The molecule has 0 spiro atoms. The molecule has 0 fully saturated rings. The van der Waals surface area contributed by atoms with E-state index in [0.29, 0.717) is 0 Å². The average molecular weight is 216 g/mol. The highest BCUT2D eigenvalue weighted by Crippen LogP contribution is 2.37. The number of hydrogen-bond acceptors (Lipinski definition) is 1. The van der Waals surface area contributed by atoms with E-state index in [4.69, 9.17) is 5.11 Å². The average Bonchev–Trinajstić information content (AvgIpc) is 1.97. The second-order valence-electron chi connectivity index (χ2n) is 2.38. The smallest absolute Gasteiger partial charge is 0.422 e. The molecule has 1 aromatic rings. The van der Waals surface area contributed by atoms with Crippen LogP contribution in [0, 0.1) is 17.5 Å². The maximum absolute atomic E-state index is 12.6. The normalized spacial score (nSPS) is 11.9. The molecule has 0 heterocycles. The predicted molar refractivity (Wildman–Crippen MR) is 33.0 cm³/mol. The first-order valence-electron chi connectivity index (χ1n) is 3.18. The molecule has 0 atom stereocenters. The number of phenolic OH excluding ortho intramolecular Hbond substituents is 1. The lowest BCUT2D eigenvalue weighted by Gasteiger charge is -2.10. The van der Waals surface area contributed by atoms with Gasteiger partial charge in [-0.05, 0) is 0 Å². The monoisotopic (exact) mass is 216 g/mol. The van der Waals surface area contributed by atoms with Crippen LogP contribution in [0.4, 0.5) is 26.3 Å². The molecule has 0 saturated heterocycles. The van der Waals surface area contributed by atoms with Gasteiger partial charge < -0.3 is 5.11 Å². The van der Waals surface area contributed by atoms with Crippen LogP contribution in [-0.4, -0.2) is 5.11 Å². The molecule has 0 aliphatic carbocycles. The van der Waals surface area contributed by atoms with Gasteiger partial charge in [0, 0.05) is 6.07 Å². The Labute approximate surface area is 73.6 Å². The first-order chi connectivity index (χ1) is 6.25. The maximum Gasteiger partial charge on any atom is 0.422 e. The largest absolute Gasteiger partial charge is 0.503 e. The SMILES string of the molecule is Oc1c(F)cc(F)c(C(F)(F)F)c1F. The second kappa shape index (κ2) is 3.07. The first-order valence-corrected chi connectivity index (χ1v) is 3.18. The second-order valence-corrected chi connectivity index (χ2v) is 2.38. The number of halogens is 6. The Kier molecular flexibility index (Phi) is 2.34. The number of rotatable bonds is 0. The number of alkyl halides is 3. The summed E-state index contributed by atoms with van der Waals surface area (Å²) >= 11 is 0. The Morgan fingerprint density at radius 1 is 1.00 bits per heavy atom. The molecule has 14 heavy (non-hydrogen) atoms. The molecule has 0 aromatic heterocycles. The molecule has 0 aliphatic heterocycles. The van der Waals surface area contributed by atoms with Crippen LogP contribution in [0.3, 0.4) is 0 Å². The van der Waals surface area contributed by atoms with Crippen molar-refractivity contribution in [2.75, 3.05) is 0 Å². The molecule has 1 aromatic carbocycles. The highest BCUT2D eigenvalue weighted by atomic mass is 19.4. The predicted octanol–water partition coefficient (Wildman–Crippen LogP) is 2.83. The van der Waals surface area contributed by atoms with Crippen LogP contribution in [0.25, 0.3) is 0 Å². The minimum Gasteiger partial charge on any atom is -0.503 e. The molecule has 1 N–H and O–H groups in total. The van der Waals surface area contributed by atoms with Crippen LogP contribution in [0.1, 0.15) is 5.56 Å². The first kappa shape index (κ1) is 10.7. The van der Waals surface area contributed by atoms with Crippen molar-refractivity contribution in [3.8, 4) is 5.75 Å². The summed E-state index contributed by atoms with van der Waals surface area (Å²) in [4.78, 5) is 0. The highest BCUT2D eigenvalue weighted by Gasteiger charge is 2.39. The summed E-state index contributed by atoms with van der Waals surface area (Å²) in [6.07, 6.45) is -5.32. The molecule has 0 radical (unpaired) electrons. The van der Waals surface area contributed by atoms with Crippen molar-refractivity contribution >= 4 is 0 Å². The van der Waals surface area contributed by atoms with E-state index in [0.717, 1.165) is 0 Å². The van der Waals surface area contributed by atoms with Crippen LogP contribution in [0.2, 0.25) is 0 Å². The van der Waals surface area contributed by atoms with Crippen molar-refractivity contribution in [3.05, 3.63) is 29.1 Å². The third-order valence-electron chi connectivity index (χ3n) is 1.43. The molecule has 0 unspecified atom stereocenters.